The van der Waals surface area contributed by atoms with Crippen LogP contribution in [-0.2, 0) is 0 Å². The highest BCUT2D eigenvalue weighted by Crippen LogP contribution is 1.95. The Kier molecular flexibility index (Phi) is 6.32. The summed E-state index contributed by atoms with van der Waals surface area (Å²) in [4.78, 5) is 14.6. The fraction of sp³-hybridized carbons (Fsp3) is 0.889. The van der Waals surface area contributed by atoms with Crippen molar-refractivity contribution in [2.45, 2.75) is 19.8 Å². The van der Waals surface area contributed by atoms with Crippen LogP contribution in [0.1, 0.15) is 19.8 Å². The molecule has 0 saturated carbocycles. The number of amides is 2. The molecule has 0 rings (SSSR count). The Labute approximate surface area is 80.7 Å². The van der Waals surface area contributed by atoms with Gasteiger partial charge in [0, 0.05) is 13.1 Å². The summed E-state index contributed by atoms with van der Waals surface area (Å²) in [7, 11) is 4.09. The molecule has 0 aliphatic carbocycles. The average molecular weight is 187 g/mol. The first-order chi connectivity index (χ1) is 6.07. The Morgan fingerprint density at radius 2 is 1.77 bits per heavy atom. The monoisotopic (exact) mass is 187 g/mol. The summed E-state index contributed by atoms with van der Waals surface area (Å²) in [6.45, 7) is 4.49. The standard InChI is InChI=1S/C9H21N3O/c1-4-12(9(10)13)8-6-5-7-11(2)3/h4-8H2,1-3H3,(H2,10,13). The highest BCUT2D eigenvalue weighted by Gasteiger charge is 2.05. The van der Waals surface area contributed by atoms with Crippen LogP contribution in [0, 0.1) is 0 Å². The van der Waals surface area contributed by atoms with Crippen LogP contribution in [0.25, 0.3) is 0 Å². The van der Waals surface area contributed by atoms with E-state index in [1.54, 1.807) is 4.90 Å². The summed E-state index contributed by atoms with van der Waals surface area (Å²) in [6.07, 6.45) is 2.13. The smallest absolute Gasteiger partial charge is 0.314 e. The van der Waals surface area contributed by atoms with Gasteiger partial charge in [-0.25, -0.2) is 4.79 Å². The average Bonchev–Trinajstić information content (AvgIpc) is 2.03. The Morgan fingerprint density at radius 1 is 1.23 bits per heavy atom. The van der Waals surface area contributed by atoms with Crippen LogP contribution in [0.5, 0.6) is 0 Å². The molecule has 0 unspecified atom stereocenters. The fourth-order valence-electron chi connectivity index (χ4n) is 1.15. The molecule has 0 atom stereocenters. The quantitative estimate of drug-likeness (QED) is 0.623. The van der Waals surface area contributed by atoms with E-state index in [-0.39, 0.29) is 6.03 Å². The number of hydrogen-bond acceptors (Lipinski definition) is 2. The van der Waals surface area contributed by atoms with Crippen LogP contribution >= 0.6 is 0 Å². The van der Waals surface area contributed by atoms with E-state index in [0.717, 1.165) is 25.9 Å². The van der Waals surface area contributed by atoms with Gasteiger partial charge in [-0.3, -0.25) is 0 Å². The van der Waals surface area contributed by atoms with Gasteiger partial charge in [-0.2, -0.15) is 0 Å². The second-order valence-electron chi connectivity index (χ2n) is 3.43. The van der Waals surface area contributed by atoms with Gasteiger partial charge in [-0.15, -0.1) is 0 Å². The normalized spacial score (nSPS) is 10.5. The van der Waals surface area contributed by atoms with Gasteiger partial charge in [0.2, 0.25) is 0 Å². The maximum Gasteiger partial charge on any atom is 0.314 e. The predicted molar refractivity (Wildman–Crippen MR) is 54.6 cm³/mol. The number of nitrogens with two attached hydrogens (primary N) is 1. The molecule has 0 heterocycles. The fourth-order valence-corrected chi connectivity index (χ4v) is 1.15. The van der Waals surface area contributed by atoms with Gasteiger partial charge in [-0.1, -0.05) is 0 Å². The van der Waals surface area contributed by atoms with Crippen molar-refractivity contribution in [2.24, 2.45) is 5.73 Å². The predicted octanol–water partition coefficient (Wildman–Crippen LogP) is 0.729. The van der Waals surface area contributed by atoms with Crippen molar-refractivity contribution in [1.82, 2.24) is 9.80 Å². The zero-order valence-corrected chi connectivity index (χ0v) is 8.92. The first-order valence-electron chi connectivity index (χ1n) is 4.77. The van der Waals surface area contributed by atoms with Crippen LogP contribution in [-0.4, -0.2) is 49.6 Å². The van der Waals surface area contributed by atoms with E-state index in [1.165, 1.54) is 0 Å². The lowest BCUT2D eigenvalue weighted by molar-refractivity contribution is 0.208. The molecule has 78 valence electrons. The maximum absolute atomic E-state index is 10.8. The molecule has 0 spiro atoms. The molecule has 2 N–H and O–H groups in total. The first kappa shape index (κ1) is 12.2. The zero-order valence-electron chi connectivity index (χ0n) is 8.92. The summed E-state index contributed by atoms with van der Waals surface area (Å²) in [5, 5.41) is 0. The number of unbranched alkanes of at least 4 members (excludes halogenated alkanes) is 1. The molecule has 4 heteroatoms. The lowest BCUT2D eigenvalue weighted by atomic mass is 10.3. The third kappa shape index (κ3) is 6.40. The van der Waals surface area contributed by atoms with Gasteiger partial charge in [0.1, 0.15) is 0 Å². The van der Waals surface area contributed by atoms with E-state index >= 15 is 0 Å². The minimum Gasteiger partial charge on any atom is -0.351 e. The highest BCUT2D eigenvalue weighted by atomic mass is 16.2. The number of urea groups is 1. The Hall–Kier alpha value is -0.770. The molecule has 0 aromatic carbocycles. The Balaban J connectivity index is 3.44. The van der Waals surface area contributed by atoms with Crippen LogP contribution in [0.3, 0.4) is 0 Å². The summed E-state index contributed by atoms with van der Waals surface area (Å²) < 4.78 is 0. The largest absolute Gasteiger partial charge is 0.351 e. The van der Waals surface area contributed by atoms with E-state index in [4.69, 9.17) is 5.73 Å². The molecular formula is C9H21N3O. The SMILES string of the molecule is CCN(CCCCN(C)C)C(N)=O. The number of carbonyl (C=O) groups is 1. The molecule has 0 saturated heterocycles. The highest BCUT2D eigenvalue weighted by molar-refractivity contribution is 5.71. The summed E-state index contributed by atoms with van der Waals surface area (Å²) in [5.41, 5.74) is 5.17. The van der Waals surface area contributed by atoms with Crippen LogP contribution in [0.4, 0.5) is 4.79 Å². The van der Waals surface area contributed by atoms with Gasteiger partial charge in [0.05, 0.1) is 0 Å². The third-order valence-corrected chi connectivity index (χ3v) is 1.98. The molecule has 0 bridgehead atoms. The lowest BCUT2D eigenvalue weighted by Gasteiger charge is -2.18. The molecule has 0 fully saturated rings. The number of rotatable bonds is 6. The van der Waals surface area contributed by atoms with Gasteiger partial charge in [0.25, 0.3) is 0 Å². The van der Waals surface area contributed by atoms with Crippen molar-refractivity contribution in [3.63, 3.8) is 0 Å². The second kappa shape index (κ2) is 6.71. The van der Waals surface area contributed by atoms with Crippen LogP contribution in [0.2, 0.25) is 0 Å². The van der Waals surface area contributed by atoms with E-state index < -0.39 is 0 Å². The van der Waals surface area contributed by atoms with Gasteiger partial charge in [0.15, 0.2) is 0 Å². The topological polar surface area (TPSA) is 49.6 Å². The summed E-state index contributed by atoms with van der Waals surface area (Å²) in [6, 6.07) is -0.313. The molecular weight excluding hydrogens is 166 g/mol. The number of carbonyl (C=O) groups excluding carboxylic acids is 1. The van der Waals surface area contributed by atoms with E-state index in [2.05, 4.69) is 4.90 Å². The van der Waals surface area contributed by atoms with Crippen molar-refractivity contribution >= 4 is 6.03 Å². The van der Waals surface area contributed by atoms with E-state index in [9.17, 15) is 4.79 Å². The summed E-state index contributed by atoms with van der Waals surface area (Å²) in [5.74, 6) is 0. The molecule has 0 radical (unpaired) electrons. The number of hydrogen-bond donors (Lipinski definition) is 1. The van der Waals surface area contributed by atoms with E-state index in [1.807, 2.05) is 21.0 Å². The minimum atomic E-state index is -0.313. The van der Waals surface area contributed by atoms with Crippen molar-refractivity contribution in [3.05, 3.63) is 0 Å². The van der Waals surface area contributed by atoms with Crippen LogP contribution in [0.15, 0.2) is 0 Å². The Bertz CT molecular complexity index is 148. The number of nitrogens with zero attached hydrogens (tertiary/aromatic N) is 2. The van der Waals surface area contributed by atoms with Crippen molar-refractivity contribution in [2.75, 3.05) is 33.7 Å². The summed E-state index contributed by atoms with van der Waals surface area (Å²) >= 11 is 0. The molecule has 13 heavy (non-hydrogen) atoms. The molecule has 4 nitrogen and oxygen atoms in total. The van der Waals surface area contributed by atoms with Gasteiger partial charge >= 0.3 is 6.03 Å². The lowest BCUT2D eigenvalue weighted by Crippen LogP contribution is -2.36. The van der Waals surface area contributed by atoms with E-state index in [0.29, 0.717) is 6.54 Å². The molecule has 0 aromatic rings. The zero-order chi connectivity index (χ0) is 10.3. The van der Waals surface area contributed by atoms with Gasteiger partial charge < -0.3 is 15.5 Å². The van der Waals surface area contributed by atoms with Crippen molar-refractivity contribution in [3.8, 4) is 0 Å². The third-order valence-electron chi connectivity index (χ3n) is 1.98. The Morgan fingerprint density at radius 3 is 2.15 bits per heavy atom. The maximum atomic E-state index is 10.8. The first-order valence-corrected chi connectivity index (χ1v) is 4.77. The number of primary amides is 1. The van der Waals surface area contributed by atoms with Gasteiger partial charge in [-0.05, 0) is 40.4 Å². The van der Waals surface area contributed by atoms with Crippen molar-refractivity contribution in [1.29, 1.82) is 0 Å². The molecule has 2 amide bonds. The minimum absolute atomic E-state index is 0.313. The van der Waals surface area contributed by atoms with Crippen molar-refractivity contribution < 1.29 is 4.79 Å². The van der Waals surface area contributed by atoms with Crippen LogP contribution < -0.4 is 5.73 Å². The molecule has 0 aliphatic rings. The molecule has 0 aliphatic heterocycles. The molecule has 0 aromatic heterocycles. The second-order valence-corrected chi connectivity index (χ2v) is 3.43.